The summed E-state index contributed by atoms with van der Waals surface area (Å²) < 4.78 is 41.3. The first-order valence-electron chi connectivity index (χ1n) is 5.89. The molecule has 1 saturated carbocycles. The maximum Gasteiger partial charge on any atom is 0.391 e. The van der Waals surface area contributed by atoms with Crippen molar-refractivity contribution >= 4 is 0 Å². The van der Waals surface area contributed by atoms with Gasteiger partial charge in [0, 0.05) is 0 Å². The molecule has 1 aliphatic carbocycles. The molecular weight excluding hydrogens is 219 g/mol. The fraction of sp³-hybridized carbons (Fsp3) is 1.00. The highest BCUT2D eigenvalue weighted by Gasteiger charge is 2.38. The van der Waals surface area contributed by atoms with Crippen LogP contribution in [0, 0.1) is 0 Å². The van der Waals surface area contributed by atoms with Gasteiger partial charge in [0.15, 0.2) is 0 Å². The second-order valence-electron chi connectivity index (χ2n) is 4.35. The highest BCUT2D eigenvalue weighted by Crippen LogP contribution is 2.38. The van der Waals surface area contributed by atoms with Crippen LogP contribution in [0.2, 0.25) is 0 Å². The number of hydrogen-bond acceptors (Lipinski definition) is 2. The molecule has 5 heteroatoms. The van der Waals surface area contributed by atoms with E-state index in [1.54, 1.807) is 0 Å². The Morgan fingerprint density at radius 3 is 2.44 bits per heavy atom. The summed E-state index contributed by atoms with van der Waals surface area (Å²) in [6, 6.07) is 0. The Bertz CT molecular complexity index is 202. The van der Waals surface area contributed by atoms with Gasteiger partial charge in [0.05, 0.1) is 18.6 Å². The van der Waals surface area contributed by atoms with Gasteiger partial charge in [0.1, 0.15) is 0 Å². The zero-order valence-electron chi connectivity index (χ0n) is 9.70. The smallest absolute Gasteiger partial charge is 0.375 e. The van der Waals surface area contributed by atoms with E-state index >= 15 is 0 Å². The molecule has 16 heavy (non-hydrogen) atoms. The van der Waals surface area contributed by atoms with Crippen molar-refractivity contribution < 1.29 is 17.9 Å². The van der Waals surface area contributed by atoms with E-state index in [2.05, 4.69) is 5.32 Å². The Hall–Kier alpha value is -0.290. The molecular formula is C11H20F3NO. The van der Waals surface area contributed by atoms with Crippen molar-refractivity contribution in [2.45, 2.75) is 50.8 Å². The van der Waals surface area contributed by atoms with Crippen molar-refractivity contribution in [2.24, 2.45) is 0 Å². The van der Waals surface area contributed by atoms with E-state index in [1.165, 1.54) is 0 Å². The number of rotatable bonds is 7. The van der Waals surface area contributed by atoms with E-state index in [-0.39, 0.29) is 12.2 Å². The van der Waals surface area contributed by atoms with Crippen LogP contribution in [0.3, 0.4) is 0 Å². The van der Waals surface area contributed by atoms with Gasteiger partial charge in [0.25, 0.3) is 0 Å². The summed E-state index contributed by atoms with van der Waals surface area (Å²) in [6.45, 7) is 3.52. The van der Waals surface area contributed by atoms with Gasteiger partial charge in [-0.2, -0.15) is 13.2 Å². The molecule has 0 saturated heterocycles. The first kappa shape index (κ1) is 13.8. The van der Waals surface area contributed by atoms with Crippen LogP contribution in [0.1, 0.15) is 39.0 Å². The van der Waals surface area contributed by atoms with Crippen LogP contribution < -0.4 is 5.32 Å². The predicted molar refractivity (Wildman–Crippen MR) is 56.4 cm³/mol. The van der Waals surface area contributed by atoms with E-state index in [4.69, 9.17) is 4.74 Å². The molecule has 1 rings (SSSR count). The van der Waals surface area contributed by atoms with Crippen LogP contribution in [0.5, 0.6) is 0 Å². The van der Waals surface area contributed by atoms with E-state index in [0.29, 0.717) is 0 Å². The SMILES string of the molecule is CCNCCC1(OCCC(F)(F)F)CCC1. The lowest BCUT2D eigenvalue weighted by molar-refractivity contribution is -0.170. The van der Waals surface area contributed by atoms with Gasteiger partial charge in [-0.05, 0) is 38.8 Å². The molecule has 1 N–H and O–H groups in total. The van der Waals surface area contributed by atoms with Crippen molar-refractivity contribution in [1.29, 1.82) is 0 Å². The molecule has 0 aromatic rings. The van der Waals surface area contributed by atoms with Gasteiger partial charge < -0.3 is 10.1 Å². The second kappa shape index (κ2) is 5.87. The maximum atomic E-state index is 12.0. The molecule has 0 aromatic carbocycles. The zero-order chi connectivity index (χ0) is 12.1. The fourth-order valence-electron chi connectivity index (χ4n) is 1.91. The number of hydrogen-bond donors (Lipinski definition) is 1. The molecule has 96 valence electrons. The lowest BCUT2D eigenvalue weighted by Gasteiger charge is -2.42. The Balaban J connectivity index is 2.20. The standard InChI is InChI=1S/C11H20F3NO/c1-2-15-8-6-10(4-3-5-10)16-9-7-11(12,13)14/h15H,2-9H2,1H3. The molecule has 0 unspecified atom stereocenters. The van der Waals surface area contributed by atoms with Gasteiger partial charge in [-0.3, -0.25) is 0 Å². The molecule has 0 bridgehead atoms. The van der Waals surface area contributed by atoms with Crippen molar-refractivity contribution in [3.05, 3.63) is 0 Å². The van der Waals surface area contributed by atoms with Gasteiger partial charge >= 0.3 is 6.18 Å². The summed E-state index contributed by atoms with van der Waals surface area (Å²) in [7, 11) is 0. The molecule has 0 aliphatic heterocycles. The number of halogens is 3. The number of nitrogens with one attached hydrogen (secondary N) is 1. The minimum absolute atomic E-state index is 0.199. The summed E-state index contributed by atoms with van der Waals surface area (Å²) in [4.78, 5) is 0. The highest BCUT2D eigenvalue weighted by atomic mass is 19.4. The topological polar surface area (TPSA) is 21.3 Å². The summed E-state index contributed by atoms with van der Waals surface area (Å²) >= 11 is 0. The van der Waals surface area contributed by atoms with E-state index < -0.39 is 12.6 Å². The molecule has 1 fully saturated rings. The van der Waals surface area contributed by atoms with Gasteiger partial charge in [-0.25, -0.2) is 0 Å². The van der Waals surface area contributed by atoms with Crippen LogP contribution in [0.4, 0.5) is 13.2 Å². The average molecular weight is 239 g/mol. The Morgan fingerprint density at radius 1 is 1.31 bits per heavy atom. The Kier molecular flexibility index (Phi) is 5.05. The van der Waals surface area contributed by atoms with Crippen molar-refractivity contribution in [2.75, 3.05) is 19.7 Å². The van der Waals surface area contributed by atoms with E-state index in [9.17, 15) is 13.2 Å². The summed E-state index contributed by atoms with van der Waals surface area (Å²) in [5, 5.41) is 3.18. The highest BCUT2D eigenvalue weighted by molar-refractivity contribution is 4.90. The quantitative estimate of drug-likeness (QED) is 0.690. The van der Waals surface area contributed by atoms with E-state index in [1.807, 2.05) is 6.92 Å². The van der Waals surface area contributed by atoms with Gasteiger partial charge in [-0.1, -0.05) is 6.92 Å². The number of alkyl halides is 3. The molecule has 0 spiro atoms. The van der Waals surface area contributed by atoms with Gasteiger partial charge in [-0.15, -0.1) is 0 Å². The molecule has 0 amide bonds. The molecule has 0 heterocycles. The predicted octanol–water partition coefficient (Wildman–Crippen LogP) is 2.88. The monoisotopic (exact) mass is 239 g/mol. The summed E-state index contributed by atoms with van der Waals surface area (Å²) in [5.41, 5.74) is -0.270. The first-order chi connectivity index (χ1) is 7.47. The molecule has 0 aromatic heterocycles. The third kappa shape index (κ3) is 4.70. The van der Waals surface area contributed by atoms with Crippen LogP contribution in [-0.2, 0) is 4.74 Å². The lowest BCUT2D eigenvalue weighted by atomic mass is 9.77. The van der Waals surface area contributed by atoms with Crippen molar-refractivity contribution in [1.82, 2.24) is 5.32 Å². The molecule has 2 nitrogen and oxygen atoms in total. The largest absolute Gasteiger partial charge is 0.391 e. The van der Waals surface area contributed by atoms with Gasteiger partial charge in [0.2, 0.25) is 0 Å². The van der Waals surface area contributed by atoms with E-state index in [0.717, 1.165) is 38.8 Å². The first-order valence-corrected chi connectivity index (χ1v) is 5.89. The third-order valence-corrected chi connectivity index (χ3v) is 3.07. The molecule has 1 aliphatic rings. The van der Waals surface area contributed by atoms with Crippen molar-refractivity contribution in [3.63, 3.8) is 0 Å². The minimum atomic E-state index is -4.10. The van der Waals surface area contributed by atoms with Crippen LogP contribution >= 0.6 is 0 Å². The minimum Gasteiger partial charge on any atom is -0.375 e. The maximum absolute atomic E-state index is 12.0. The fourth-order valence-corrected chi connectivity index (χ4v) is 1.91. The van der Waals surface area contributed by atoms with Crippen LogP contribution in [0.15, 0.2) is 0 Å². The Morgan fingerprint density at radius 2 is 2.00 bits per heavy atom. The third-order valence-electron chi connectivity index (χ3n) is 3.07. The second-order valence-corrected chi connectivity index (χ2v) is 4.35. The van der Waals surface area contributed by atoms with Crippen molar-refractivity contribution in [3.8, 4) is 0 Å². The average Bonchev–Trinajstić information content (AvgIpc) is 2.11. The molecule has 0 atom stereocenters. The summed E-state index contributed by atoms with van der Waals surface area (Å²) in [5.74, 6) is 0. The normalized spacial score (nSPS) is 19.5. The number of ether oxygens (including phenoxy) is 1. The lowest BCUT2D eigenvalue weighted by Crippen LogP contribution is -2.43. The van der Waals surface area contributed by atoms with Crippen LogP contribution in [-0.4, -0.2) is 31.5 Å². The van der Waals surface area contributed by atoms with Crippen LogP contribution in [0.25, 0.3) is 0 Å². The summed E-state index contributed by atoms with van der Waals surface area (Å²) in [6.07, 6.45) is -1.26. The zero-order valence-corrected chi connectivity index (χ0v) is 9.70. The Labute approximate surface area is 94.5 Å². The molecule has 0 radical (unpaired) electrons.